The second-order valence-corrected chi connectivity index (χ2v) is 10.4. The highest BCUT2D eigenvalue weighted by Gasteiger charge is 2.22. The van der Waals surface area contributed by atoms with Gasteiger partial charge < -0.3 is 14.4 Å². The lowest BCUT2D eigenvalue weighted by Gasteiger charge is -2.23. The number of benzene rings is 2. The van der Waals surface area contributed by atoms with Gasteiger partial charge in [0.2, 0.25) is 0 Å². The second kappa shape index (κ2) is 12.3. The molecular weight excluding hydrogens is 542 g/mol. The Hall–Kier alpha value is -3.62. The third-order valence-corrected chi connectivity index (χ3v) is 6.82. The number of nitrogens with two attached hydrogens (primary N) is 1. The number of aryl methyl sites for hydroxylation is 1. The molecule has 0 aliphatic heterocycles. The molecular formula is C24H26F2N4O6S2. The fourth-order valence-electron chi connectivity index (χ4n) is 3.66. The molecule has 0 unspecified atom stereocenters. The van der Waals surface area contributed by atoms with Crippen molar-refractivity contribution in [1.29, 1.82) is 0 Å². The van der Waals surface area contributed by atoms with Crippen molar-refractivity contribution in [2.75, 3.05) is 20.8 Å². The lowest BCUT2D eigenvalue weighted by atomic mass is 10.1. The first-order valence-electron chi connectivity index (χ1n) is 11.2. The van der Waals surface area contributed by atoms with Crippen LogP contribution in [0.15, 0.2) is 35.7 Å². The van der Waals surface area contributed by atoms with Crippen LogP contribution in [0, 0.1) is 18.6 Å². The molecule has 10 nitrogen and oxygen atoms in total. The van der Waals surface area contributed by atoms with Gasteiger partial charge in [-0.3, -0.25) is 9.59 Å². The van der Waals surface area contributed by atoms with Crippen LogP contribution >= 0.6 is 11.3 Å². The number of methoxy groups -OCH3 is 2. The number of amides is 2. The van der Waals surface area contributed by atoms with E-state index in [0.717, 1.165) is 23.5 Å². The smallest absolute Gasteiger partial charge is 0.299 e. The molecule has 1 heterocycles. The van der Waals surface area contributed by atoms with Crippen molar-refractivity contribution >= 4 is 33.4 Å². The van der Waals surface area contributed by atoms with E-state index in [1.807, 2.05) is 0 Å². The highest BCUT2D eigenvalue weighted by atomic mass is 32.2. The number of rotatable bonds is 11. The molecule has 0 saturated carbocycles. The quantitative estimate of drug-likeness (QED) is 0.362. The summed E-state index contributed by atoms with van der Waals surface area (Å²) in [5.41, 5.74) is 1.09. The summed E-state index contributed by atoms with van der Waals surface area (Å²) in [6.45, 7) is 1.91. The molecule has 3 N–H and O–H groups in total. The van der Waals surface area contributed by atoms with Gasteiger partial charge in [-0.2, -0.15) is 8.42 Å². The van der Waals surface area contributed by atoms with Gasteiger partial charge in [-0.1, -0.05) is 6.07 Å². The van der Waals surface area contributed by atoms with Gasteiger partial charge in [-0.25, -0.2) is 23.6 Å². The van der Waals surface area contributed by atoms with E-state index in [-0.39, 0.29) is 30.8 Å². The van der Waals surface area contributed by atoms with Crippen molar-refractivity contribution in [3.05, 3.63) is 74.7 Å². The fraction of sp³-hybridized carbons (Fsp3) is 0.292. The fourth-order valence-corrected chi connectivity index (χ4v) is 4.81. The zero-order valence-electron chi connectivity index (χ0n) is 20.8. The van der Waals surface area contributed by atoms with Crippen LogP contribution in [-0.4, -0.2) is 50.9 Å². The molecule has 3 rings (SSSR count). The van der Waals surface area contributed by atoms with Crippen molar-refractivity contribution in [1.82, 2.24) is 14.6 Å². The molecule has 0 radical (unpaired) electrons. The summed E-state index contributed by atoms with van der Waals surface area (Å²) in [5, 5.41) is 6.52. The Balaban J connectivity index is 1.86. The van der Waals surface area contributed by atoms with E-state index in [1.165, 1.54) is 30.6 Å². The summed E-state index contributed by atoms with van der Waals surface area (Å²) in [6.07, 6.45) is 0.564. The molecule has 3 aromatic rings. The van der Waals surface area contributed by atoms with Crippen molar-refractivity contribution in [3.8, 4) is 11.5 Å². The van der Waals surface area contributed by atoms with Crippen LogP contribution in [0.4, 0.5) is 8.78 Å². The number of thiazole rings is 1. The van der Waals surface area contributed by atoms with Crippen molar-refractivity contribution in [2.45, 2.75) is 26.3 Å². The number of nitrogens with one attached hydrogen (secondary N) is 1. The van der Waals surface area contributed by atoms with E-state index in [9.17, 15) is 26.8 Å². The molecule has 0 saturated heterocycles. The van der Waals surface area contributed by atoms with E-state index >= 15 is 0 Å². The van der Waals surface area contributed by atoms with Gasteiger partial charge >= 0.3 is 0 Å². The molecule has 0 bridgehead atoms. The van der Waals surface area contributed by atoms with Gasteiger partial charge in [0.05, 0.1) is 20.8 Å². The van der Waals surface area contributed by atoms with Crippen molar-refractivity contribution in [2.24, 2.45) is 5.14 Å². The number of hydrogen-bond acceptors (Lipinski definition) is 8. The molecule has 2 aromatic carbocycles. The highest BCUT2D eigenvalue weighted by molar-refractivity contribution is 7.87. The number of carbonyl (C=O) groups is 2. The van der Waals surface area contributed by atoms with E-state index in [4.69, 9.17) is 14.6 Å². The summed E-state index contributed by atoms with van der Waals surface area (Å²) in [4.78, 5) is 31.2. The van der Waals surface area contributed by atoms with Gasteiger partial charge in [0.1, 0.15) is 33.8 Å². The summed E-state index contributed by atoms with van der Waals surface area (Å²) in [6, 6.07) is 6.45. The lowest BCUT2D eigenvalue weighted by Crippen LogP contribution is -2.36. The van der Waals surface area contributed by atoms with Crippen molar-refractivity contribution < 1.29 is 36.3 Å². The second-order valence-electron chi connectivity index (χ2n) is 8.17. The number of ether oxygens (including phenoxy) is 2. The zero-order valence-corrected chi connectivity index (χ0v) is 22.4. The molecule has 0 aliphatic rings. The Morgan fingerprint density at radius 2 is 1.79 bits per heavy atom. The van der Waals surface area contributed by atoms with Crippen LogP contribution in [0.3, 0.4) is 0 Å². The third kappa shape index (κ3) is 7.46. The largest absolute Gasteiger partial charge is 0.496 e. The minimum absolute atomic E-state index is 0.0312. The Morgan fingerprint density at radius 1 is 1.13 bits per heavy atom. The van der Waals surface area contributed by atoms with Crippen LogP contribution < -0.4 is 19.3 Å². The maximum absolute atomic E-state index is 14.1. The summed E-state index contributed by atoms with van der Waals surface area (Å²) in [7, 11) is -1.34. The average Bonchev–Trinajstić information content (AvgIpc) is 3.32. The Bertz CT molecular complexity index is 1420. The number of aromatic nitrogens is 1. The normalized spacial score (nSPS) is 11.2. The summed E-state index contributed by atoms with van der Waals surface area (Å²) < 4.78 is 62.0. The molecule has 1 aromatic heterocycles. The highest BCUT2D eigenvalue weighted by Crippen LogP contribution is 2.30. The third-order valence-electron chi connectivity index (χ3n) is 5.52. The lowest BCUT2D eigenvalue weighted by molar-refractivity contribution is 0.0740. The van der Waals surface area contributed by atoms with E-state index in [0.29, 0.717) is 34.1 Å². The Morgan fingerprint density at radius 3 is 2.37 bits per heavy atom. The zero-order chi connectivity index (χ0) is 28.0. The first kappa shape index (κ1) is 28.9. The minimum atomic E-state index is -4.27. The monoisotopic (exact) mass is 568 g/mol. The van der Waals surface area contributed by atoms with Crippen LogP contribution in [0.5, 0.6) is 11.5 Å². The standard InChI is InChI=1S/C24H26F2N4O6S2/c1-14-20(35-2)9-16(10-21(14)36-3)24(32)30(8-4-5-15-6-7-17(25)11-18(15)26)12-22-28-19(13-37-22)23(31)29-38(27,33)34/h6-7,9-11,13H,4-5,8,12H2,1-3H3,(H,29,31)(H2,27,33,34). The molecule has 0 fully saturated rings. The number of nitrogens with zero attached hydrogens (tertiary/aromatic N) is 2. The number of halogens is 2. The molecule has 14 heteroatoms. The summed E-state index contributed by atoms with van der Waals surface area (Å²) >= 11 is 1.04. The van der Waals surface area contributed by atoms with E-state index in [2.05, 4.69) is 4.98 Å². The van der Waals surface area contributed by atoms with Crippen LogP contribution in [0.2, 0.25) is 0 Å². The van der Waals surface area contributed by atoms with Gasteiger partial charge in [0.25, 0.3) is 22.0 Å². The van der Waals surface area contributed by atoms with E-state index in [1.54, 1.807) is 23.8 Å². The van der Waals surface area contributed by atoms with Gasteiger partial charge in [0, 0.05) is 29.1 Å². The maximum atomic E-state index is 14.1. The first-order chi connectivity index (χ1) is 17.9. The number of hydrogen-bond donors (Lipinski definition) is 2. The Labute approximate surface area is 222 Å². The molecule has 0 atom stereocenters. The van der Waals surface area contributed by atoms with E-state index < -0.39 is 33.7 Å². The number of carbonyl (C=O) groups excluding carboxylic acids is 2. The minimum Gasteiger partial charge on any atom is -0.496 e. The predicted octanol–water partition coefficient (Wildman–Crippen LogP) is 2.96. The van der Waals surface area contributed by atoms with Crippen LogP contribution in [-0.2, 0) is 23.2 Å². The van der Waals surface area contributed by atoms with Gasteiger partial charge in [-0.05, 0) is 43.5 Å². The van der Waals surface area contributed by atoms with Crippen LogP contribution in [0.1, 0.15) is 43.4 Å². The molecule has 204 valence electrons. The Kier molecular flexibility index (Phi) is 9.36. The topological polar surface area (TPSA) is 141 Å². The molecule has 0 aliphatic carbocycles. The predicted molar refractivity (Wildman–Crippen MR) is 136 cm³/mol. The molecule has 0 spiro atoms. The maximum Gasteiger partial charge on any atom is 0.299 e. The van der Waals surface area contributed by atoms with Gasteiger partial charge in [-0.15, -0.1) is 11.3 Å². The van der Waals surface area contributed by atoms with Crippen LogP contribution in [0.25, 0.3) is 0 Å². The average molecular weight is 569 g/mol. The molecule has 2 amide bonds. The molecule has 38 heavy (non-hydrogen) atoms. The first-order valence-corrected chi connectivity index (χ1v) is 13.6. The van der Waals surface area contributed by atoms with Crippen molar-refractivity contribution in [3.63, 3.8) is 0 Å². The summed E-state index contributed by atoms with van der Waals surface area (Å²) in [5.74, 6) is -1.90. The van der Waals surface area contributed by atoms with Gasteiger partial charge in [0.15, 0.2) is 0 Å². The SMILES string of the molecule is COc1cc(C(=O)N(CCCc2ccc(F)cc2F)Cc2nc(C(=O)NS(N)(=O)=O)cs2)cc(OC)c1C.